The van der Waals surface area contributed by atoms with E-state index in [-0.39, 0.29) is 37.4 Å². The minimum Gasteiger partial charge on any atom is -0.462 e. The van der Waals surface area contributed by atoms with E-state index >= 15 is 0 Å². The molecule has 4 rings (SSSR count). The molecular weight excluding hydrogens is 497 g/mol. The van der Waals surface area contributed by atoms with Crippen molar-refractivity contribution in [1.29, 1.82) is 0 Å². The van der Waals surface area contributed by atoms with Crippen LogP contribution in [-0.2, 0) is 35.7 Å². The molecule has 0 aliphatic rings. The second-order valence-corrected chi connectivity index (χ2v) is 9.09. The van der Waals surface area contributed by atoms with Gasteiger partial charge in [0.15, 0.2) is 0 Å². The van der Waals surface area contributed by atoms with Crippen LogP contribution in [0.5, 0.6) is 0 Å². The van der Waals surface area contributed by atoms with Crippen LogP contribution < -0.4 is 10.9 Å². The number of esters is 1. The molecule has 2 N–H and O–H groups in total. The van der Waals surface area contributed by atoms with E-state index in [4.69, 9.17) is 9.47 Å². The number of carbonyl (C=O) groups is 2. The Morgan fingerprint density at radius 3 is 2.54 bits per heavy atom. The lowest BCUT2D eigenvalue weighted by atomic mass is 10.1. The quantitative estimate of drug-likeness (QED) is 0.296. The number of aromatic amines is 1. The molecule has 0 atom stereocenters. The minimum atomic E-state index is -0.529. The molecule has 8 nitrogen and oxygen atoms in total. The molecule has 0 aliphatic carbocycles. The van der Waals surface area contributed by atoms with E-state index in [0.717, 1.165) is 11.1 Å². The number of aryl methyl sites for hydroxylation is 1. The number of rotatable bonds is 10. The molecule has 2 heterocycles. The van der Waals surface area contributed by atoms with Gasteiger partial charge in [0.1, 0.15) is 10.6 Å². The van der Waals surface area contributed by atoms with Gasteiger partial charge in [-0.15, -0.1) is 11.3 Å². The predicted octanol–water partition coefficient (Wildman–Crippen LogP) is 4.51. The number of ether oxygens (including phenoxy) is 2. The van der Waals surface area contributed by atoms with Crippen molar-refractivity contribution in [1.82, 2.24) is 15.3 Å². The van der Waals surface area contributed by atoms with Crippen molar-refractivity contribution in [2.75, 3.05) is 6.61 Å². The molecule has 0 saturated carbocycles. The molecule has 0 aliphatic heterocycles. The van der Waals surface area contributed by atoms with E-state index in [9.17, 15) is 18.8 Å². The van der Waals surface area contributed by atoms with Crippen molar-refractivity contribution in [3.05, 3.63) is 97.7 Å². The molecule has 10 heteroatoms. The van der Waals surface area contributed by atoms with Crippen molar-refractivity contribution in [2.24, 2.45) is 0 Å². The summed E-state index contributed by atoms with van der Waals surface area (Å²) in [6.45, 7) is 4.57. The lowest BCUT2D eigenvalue weighted by molar-refractivity contribution is 0.0526. The Bertz CT molecular complexity index is 1480. The molecule has 0 saturated heterocycles. The van der Waals surface area contributed by atoms with Crippen molar-refractivity contribution in [3.8, 4) is 0 Å². The van der Waals surface area contributed by atoms with Crippen LogP contribution in [0, 0.1) is 5.82 Å². The zero-order valence-electron chi connectivity index (χ0n) is 20.4. The Hall–Kier alpha value is -3.89. The van der Waals surface area contributed by atoms with Crippen LogP contribution in [0.2, 0.25) is 0 Å². The molecule has 0 bridgehead atoms. The van der Waals surface area contributed by atoms with Crippen LogP contribution in [0.3, 0.4) is 0 Å². The van der Waals surface area contributed by atoms with Gasteiger partial charge in [0.25, 0.3) is 11.5 Å². The maximum atomic E-state index is 13.7. The summed E-state index contributed by atoms with van der Waals surface area (Å²) in [4.78, 5) is 44.4. The number of H-pyrrole nitrogens is 1. The highest BCUT2D eigenvalue weighted by Crippen LogP contribution is 2.22. The van der Waals surface area contributed by atoms with E-state index in [1.165, 1.54) is 17.4 Å². The number of hydrogen-bond donors (Lipinski definition) is 2. The number of hydrogen-bond acceptors (Lipinski definition) is 7. The highest BCUT2D eigenvalue weighted by Gasteiger charge is 2.16. The van der Waals surface area contributed by atoms with E-state index in [2.05, 4.69) is 15.3 Å². The highest BCUT2D eigenvalue weighted by atomic mass is 32.1. The monoisotopic (exact) mass is 523 g/mol. The third kappa shape index (κ3) is 6.28. The highest BCUT2D eigenvalue weighted by molar-refractivity contribution is 7.16. The molecule has 4 aromatic rings. The molecule has 2 aromatic heterocycles. The largest absolute Gasteiger partial charge is 0.462 e. The standard InChI is InChI=1S/C27H26FN3O5S/c1-3-18-11-17(7-10-21(18)28)12-29-25(33)23-30-24(32)22-20(15-37-26(22)31-23)14-35-13-16-5-8-19(9-6-16)27(34)36-4-2/h5-11,15H,3-4,12-14H2,1-2H3,(H,29,33)(H,30,31,32). The van der Waals surface area contributed by atoms with Crippen LogP contribution in [-0.4, -0.2) is 28.5 Å². The third-order valence-electron chi connectivity index (χ3n) is 5.67. The van der Waals surface area contributed by atoms with Gasteiger partial charge >= 0.3 is 5.97 Å². The number of amides is 1. The van der Waals surface area contributed by atoms with E-state index in [1.807, 2.05) is 6.92 Å². The van der Waals surface area contributed by atoms with Gasteiger partial charge in [-0.25, -0.2) is 14.2 Å². The summed E-state index contributed by atoms with van der Waals surface area (Å²) < 4.78 is 24.4. The van der Waals surface area contributed by atoms with Gasteiger partial charge in [-0.1, -0.05) is 31.2 Å². The van der Waals surface area contributed by atoms with Crippen LogP contribution in [0.25, 0.3) is 10.2 Å². The van der Waals surface area contributed by atoms with Gasteiger partial charge in [-0.2, -0.15) is 0 Å². The summed E-state index contributed by atoms with van der Waals surface area (Å²) in [7, 11) is 0. The van der Waals surface area contributed by atoms with E-state index in [1.54, 1.807) is 48.7 Å². The number of fused-ring (bicyclic) bond motifs is 1. The summed E-state index contributed by atoms with van der Waals surface area (Å²) in [5, 5.41) is 4.87. The third-order valence-corrected chi connectivity index (χ3v) is 6.59. The van der Waals surface area contributed by atoms with Gasteiger partial charge in [0, 0.05) is 12.1 Å². The fourth-order valence-electron chi connectivity index (χ4n) is 3.73. The van der Waals surface area contributed by atoms with Crippen molar-refractivity contribution < 1.29 is 23.5 Å². The number of nitrogens with zero attached hydrogens (tertiary/aromatic N) is 1. The SMILES string of the molecule is CCOC(=O)c1ccc(COCc2csc3nc(C(=O)NCc4ccc(F)c(CC)c4)[nH]c(=O)c23)cc1. The Balaban J connectivity index is 1.38. The van der Waals surface area contributed by atoms with Crippen molar-refractivity contribution in [3.63, 3.8) is 0 Å². The van der Waals surface area contributed by atoms with Gasteiger partial charge < -0.3 is 19.8 Å². The smallest absolute Gasteiger partial charge is 0.338 e. The number of thiophene rings is 1. The molecular formula is C27H26FN3O5S. The summed E-state index contributed by atoms with van der Waals surface area (Å²) in [6.07, 6.45) is 0.547. The topological polar surface area (TPSA) is 110 Å². The Morgan fingerprint density at radius 1 is 1.05 bits per heavy atom. The second-order valence-electron chi connectivity index (χ2n) is 8.23. The predicted molar refractivity (Wildman–Crippen MR) is 138 cm³/mol. The molecule has 0 radical (unpaired) electrons. The first-order valence-electron chi connectivity index (χ1n) is 11.8. The second kappa shape index (κ2) is 11.9. The molecule has 192 valence electrons. The van der Waals surface area contributed by atoms with Gasteiger partial charge in [0.2, 0.25) is 5.82 Å². The maximum Gasteiger partial charge on any atom is 0.338 e. The fraction of sp³-hybridized carbons (Fsp3) is 0.259. The molecule has 0 unspecified atom stereocenters. The number of halogens is 1. The molecule has 37 heavy (non-hydrogen) atoms. The summed E-state index contributed by atoms with van der Waals surface area (Å²) in [6, 6.07) is 11.6. The van der Waals surface area contributed by atoms with Crippen LogP contribution in [0.1, 0.15) is 57.1 Å². The Morgan fingerprint density at radius 2 is 1.81 bits per heavy atom. The van der Waals surface area contributed by atoms with Crippen molar-refractivity contribution >= 4 is 33.4 Å². The number of aromatic nitrogens is 2. The maximum absolute atomic E-state index is 13.7. The summed E-state index contributed by atoms with van der Waals surface area (Å²) in [5.41, 5.74) is 2.90. The normalized spacial score (nSPS) is 11.0. The number of carbonyl (C=O) groups excluding carboxylic acids is 2. The summed E-state index contributed by atoms with van der Waals surface area (Å²) in [5.74, 6) is -1.27. The number of benzene rings is 2. The van der Waals surface area contributed by atoms with Gasteiger partial charge in [0.05, 0.1) is 30.8 Å². The first kappa shape index (κ1) is 26.2. The summed E-state index contributed by atoms with van der Waals surface area (Å²) >= 11 is 1.25. The first-order chi connectivity index (χ1) is 17.9. The molecule has 0 fully saturated rings. The van der Waals surface area contributed by atoms with Crippen molar-refractivity contribution in [2.45, 2.75) is 40.0 Å². The fourth-order valence-corrected chi connectivity index (χ4v) is 4.65. The zero-order valence-corrected chi connectivity index (χ0v) is 21.2. The van der Waals surface area contributed by atoms with Crippen LogP contribution >= 0.6 is 11.3 Å². The van der Waals surface area contributed by atoms with Gasteiger partial charge in [-0.3, -0.25) is 9.59 Å². The lowest BCUT2D eigenvalue weighted by Gasteiger charge is -2.07. The molecule has 2 aromatic carbocycles. The molecule has 1 amide bonds. The average molecular weight is 524 g/mol. The zero-order chi connectivity index (χ0) is 26.4. The van der Waals surface area contributed by atoms with Gasteiger partial charge in [-0.05, 0) is 53.6 Å². The van der Waals surface area contributed by atoms with E-state index in [0.29, 0.717) is 39.9 Å². The average Bonchev–Trinajstić information content (AvgIpc) is 3.32. The number of nitrogens with one attached hydrogen (secondary N) is 2. The van der Waals surface area contributed by atoms with Crippen LogP contribution in [0.15, 0.2) is 52.6 Å². The Labute approximate surface area is 216 Å². The minimum absolute atomic E-state index is 0.0914. The lowest BCUT2D eigenvalue weighted by Crippen LogP contribution is -2.27. The first-order valence-corrected chi connectivity index (χ1v) is 12.7. The van der Waals surface area contributed by atoms with E-state index < -0.39 is 11.5 Å². The molecule has 0 spiro atoms. The van der Waals surface area contributed by atoms with Crippen LogP contribution in [0.4, 0.5) is 4.39 Å². The Kier molecular flexibility index (Phi) is 8.42.